The van der Waals surface area contributed by atoms with Gasteiger partial charge in [-0.05, 0) is 85.9 Å². The van der Waals surface area contributed by atoms with Crippen molar-refractivity contribution in [1.29, 1.82) is 0 Å². The molecule has 1 heterocycles. The highest BCUT2D eigenvalue weighted by Gasteiger charge is 2.08. The Labute approximate surface area is 216 Å². The monoisotopic (exact) mass is 470 g/mol. The third-order valence-corrected chi connectivity index (χ3v) is 5.75. The number of rotatable bonds is 6. The van der Waals surface area contributed by atoms with Gasteiger partial charge in [0.2, 0.25) is 0 Å². The normalized spacial score (nSPS) is 11.7. The topological polar surface area (TPSA) is 25.2 Å². The second kappa shape index (κ2) is 13.6. The van der Waals surface area contributed by atoms with Gasteiger partial charge in [-0.15, -0.1) is 0 Å². The van der Waals surface area contributed by atoms with Crippen LogP contribution in [-0.2, 0) is 0 Å². The molecule has 0 saturated carbocycles. The van der Waals surface area contributed by atoms with Crippen LogP contribution in [0.4, 0.5) is 5.69 Å². The summed E-state index contributed by atoms with van der Waals surface area (Å²) >= 11 is 0. The highest BCUT2D eigenvalue weighted by atomic mass is 14.7. The number of hydrogen-bond donors (Lipinski definition) is 0. The maximum atomic E-state index is 4.90. The van der Waals surface area contributed by atoms with Gasteiger partial charge in [-0.2, -0.15) is 0 Å². The minimum Gasteiger partial charge on any atom is -0.264 e. The molecule has 0 aliphatic heterocycles. The van der Waals surface area contributed by atoms with Crippen LogP contribution in [0.5, 0.6) is 0 Å². The Kier molecular flexibility index (Phi) is 9.90. The van der Waals surface area contributed by atoms with E-state index in [4.69, 9.17) is 4.99 Å². The molecular weight excluding hydrogens is 436 g/mol. The molecule has 0 N–H and O–H groups in total. The van der Waals surface area contributed by atoms with E-state index < -0.39 is 0 Å². The van der Waals surface area contributed by atoms with E-state index in [1.165, 1.54) is 11.1 Å². The predicted molar refractivity (Wildman–Crippen MR) is 157 cm³/mol. The zero-order valence-electron chi connectivity index (χ0n) is 21.6. The van der Waals surface area contributed by atoms with E-state index in [1.54, 1.807) is 12.3 Å². The van der Waals surface area contributed by atoms with Gasteiger partial charge in [0.1, 0.15) is 0 Å². The number of allylic oxidation sites excluding steroid dienone is 5. The summed E-state index contributed by atoms with van der Waals surface area (Å²) < 4.78 is 0. The van der Waals surface area contributed by atoms with Crippen LogP contribution in [0.2, 0.25) is 0 Å². The molecule has 2 nitrogen and oxygen atoms in total. The lowest BCUT2D eigenvalue weighted by Gasteiger charge is -2.12. The standard InChI is InChI=1S/C27H26N2.C7H8/c1-5-7-12-22(6-2)25-16-24(17-26(18-25)23-13-10-15-28-19-23)21(4)29-27-14-9-8-11-20(27)3;1-7-5-3-2-4-6-7/h5-19H,1H2,2-4H3;2-6H,1H3/b12-7-,22-6+,29-21?;. The minimum absolute atomic E-state index is 0.981. The quantitative estimate of drug-likeness (QED) is 0.203. The van der Waals surface area contributed by atoms with Gasteiger partial charge in [0.25, 0.3) is 0 Å². The zero-order chi connectivity index (χ0) is 25.8. The van der Waals surface area contributed by atoms with Crippen LogP contribution in [-0.4, -0.2) is 10.7 Å². The summed E-state index contributed by atoms with van der Waals surface area (Å²) in [6.45, 7) is 12.1. The summed E-state index contributed by atoms with van der Waals surface area (Å²) in [6.07, 6.45) is 11.6. The average Bonchev–Trinajstić information content (AvgIpc) is 2.91. The second-order valence-corrected chi connectivity index (χ2v) is 8.52. The third kappa shape index (κ3) is 7.61. The predicted octanol–water partition coefficient (Wildman–Crippen LogP) is 9.34. The van der Waals surface area contributed by atoms with E-state index in [9.17, 15) is 0 Å². The summed E-state index contributed by atoms with van der Waals surface area (Å²) in [4.78, 5) is 9.19. The first-order valence-electron chi connectivity index (χ1n) is 12.2. The molecule has 0 atom stereocenters. The highest BCUT2D eigenvalue weighted by molar-refractivity contribution is 6.02. The SMILES string of the molecule is C=C/C=C\C(=C/C)c1cc(C(C)=Nc2ccccc2C)cc(-c2cccnc2)c1.Cc1ccccc1. The lowest BCUT2D eigenvalue weighted by molar-refractivity contribution is 1.33. The molecule has 36 heavy (non-hydrogen) atoms. The summed E-state index contributed by atoms with van der Waals surface area (Å²) in [5.41, 5.74) is 10.0. The molecule has 0 saturated heterocycles. The van der Waals surface area contributed by atoms with Crippen LogP contribution in [0.3, 0.4) is 0 Å². The maximum Gasteiger partial charge on any atom is 0.0662 e. The molecule has 0 unspecified atom stereocenters. The van der Waals surface area contributed by atoms with Gasteiger partial charge < -0.3 is 0 Å². The Balaban J connectivity index is 0.000000444. The van der Waals surface area contributed by atoms with E-state index in [1.807, 2.05) is 55.6 Å². The number of pyridine rings is 1. The summed E-state index contributed by atoms with van der Waals surface area (Å²) in [6, 6.07) is 29.1. The van der Waals surface area contributed by atoms with Crippen molar-refractivity contribution >= 4 is 17.0 Å². The maximum absolute atomic E-state index is 4.90. The van der Waals surface area contributed by atoms with Crippen molar-refractivity contribution in [2.75, 3.05) is 0 Å². The van der Waals surface area contributed by atoms with Crippen LogP contribution < -0.4 is 0 Å². The fourth-order valence-electron chi connectivity index (χ4n) is 3.70. The molecule has 180 valence electrons. The molecule has 4 aromatic rings. The molecule has 3 aromatic carbocycles. The smallest absolute Gasteiger partial charge is 0.0662 e. The van der Waals surface area contributed by atoms with Crippen LogP contribution in [0.15, 0.2) is 133 Å². The highest BCUT2D eigenvalue weighted by Crippen LogP contribution is 2.28. The fourth-order valence-corrected chi connectivity index (χ4v) is 3.70. The van der Waals surface area contributed by atoms with Crippen molar-refractivity contribution in [3.63, 3.8) is 0 Å². The van der Waals surface area contributed by atoms with Crippen molar-refractivity contribution in [2.24, 2.45) is 4.99 Å². The van der Waals surface area contributed by atoms with E-state index in [0.717, 1.165) is 39.2 Å². The zero-order valence-corrected chi connectivity index (χ0v) is 21.6. The van der Waals surface area contributed by atoms with E-state index >= 15 is 0 Å². The van der Waals surface area contributed by atoms with Crippen LogP contribution in [0, 0.1) is 13.8 Å². The number of nitrogens with zero attached hydrogens (tertiary/aromatic N) is 2. The van der Waals surface area contributed by atoms with E-state index in [-0.39, 0.29) is 0 Å². The summed E-state index contributed by atoms with van der Waals surface area (Å²) in [5, 5.41) is 0. The van der Waals surface area contributed by atoms with Crippen molar-refractivity contribution in [3.05, 3.63) is 150 Å². The van der Waals surface area contributed by atoms with Gasteiger partial charge in [-0.25, -0.2) is 0 Å². The van der Waals surface area contributed by atoms with Gasteiger partial charge in [0.15, 0.2) is 0 Å². The van der Waals surface area contributed by atoms with Gasteiger partial charge in [0, 0.05) is 23.7 Å². The first kappa shape index (κ1) is 26.3. The Morgan fingerprint density at radius 3 is 2.17 bits per heavy atom. The van der Waals surface area contributed by atoms with E-state index in [2.05, 4.69) is 93.0 Å². The molecule has 2 heteroatoms. The largest absolute Gasteiger partial charge is 0.264 e. The number of benzene rings is 3. The summed E-state index contributed by atoms with van der Waals surface area (Å²) in [7, 11) is 0. The van der Waals surface area contributed by atoms with Gasteiger partial charge in [0.05, 0.1) is 5.69 Å². The Morgan fingerprint density at radius 1 is 0.833 bits per heavy atom. The van der Waals surface area contributed by atoms with Crippen LogP contribution in [0.1, 0.15) is 36.1 Å². The molecule has 0 aliphatic carbocycles. The van der Waals surface area contributed by atoms with Gasteiger partial charge in [-0.3, -0.25) is 9.98 Å². The Hall–Kier alpha value is -4.30. The van der Waals surface area contributed by atoms with Crippen LogP contribution in [0.25, 0.3) is 16.7 Å². The average molecular weight is 471 g/mol. The molecular formula is C34H34N2. The molecule has 0 amide bonds. The first-order chi connectivity index (χ1) is 17.5. The Morgan fingerprint density at radius 2 is 1.56 bits per heavy atom. The van der Waals surface area contributed by atoms with Crippen molar-refractivity contribution in [3.8, 4) is 11.1 Å². The lowest BCUT2D eigenvalue weighted by atomic mass is 9.95. The van der Waals surface area contributed by atoms with Crippen molar-refractivity contribution in [2.45, 2.75) is 27.7 Å². The fraction of sp³-hybridized carbons (Fsp3) is 0.118. The van der Waals surface area contributed by atoms with Gasteiger partial charge >= 0.3 is 0 Å². The molecule has 0 fully saturated rings. The van der Waals surface area contributed by atoms with E-state index in [0.29, 0.717) is 0 Å². The number of aryl methyl sites for hydroxylation is 2. The van der Waals surface area contributed by atoms with Crippen molar-refractivity contribution < 1.29 is 0 Å². The molecule has 0 bridgehead atoms. The third-order valence-electron chi connectivity index (χ3n) is 5.75. The molecule has 0 radical (unpaired) electrons. The molecule has 4 rings (SSSR count). The van der Waals surface area contributed by atoms with Crippen molar-refractivity contribution in [1.82, 2.24) is 4.98 Å². The van der Waals surface area contributed by atoms with Crippen LogP contribution >= 0.6 is 0 Å². The molecule has 1 aromatic heterocycles. The summed E-state index contributed by atoms with van der Waals surface area (Å²) in [5.74, 6) is 0. The van der Waals surface area contributed by atoms with Gasteiger partial charge in [-0.1, -0.05) is 91.0 Å². The molecule has 0 spiro atoms. The molecule has 0 aliphatic rings. The Bertz CT molecular complexity index is 1360. The second-order valence-electron chi connectivity index (χ2n) is 8.52. The lowest BCUT2D eigenvalue weighted by Crippen LogP contribution is -1.98. The number of aliphatic imine (C=N–C) groups is 1. The number of para-hydroxylation sites is 1. The first-order valence-corrected chi connectivity index (χ1v) is 12.2. The number of aromatic nitrogens is 1. The number of hydrogen-bond acceptors (Lipinski definition) is 2. The minimum atomic E-state index is 0.981.